The number of pyridine rings is 1. The third-order valence-electron chi connectivity index (χ3n) is 5.42. The third kappa shape index (κ3) is 4.87. The monoisotopic (exact) mass is 426 g/mol. The van der Waals surface area contributed by atoms with Crippen molar-refractivity contribution in [3.8, 4) is 17.3 Å². The third-order valence-corrected chi connectivity index (χ3v) is 5.42. The first-order chi connectivity index (χ1) is 16.2. The highest BCUT2D eigenvalue weighted by molar-refractivity contribution is 6.00. The van der Waals surface area contributed by atoms with Crippen LogP contribution >= 0.6 is 0 Å². The molecule has 1 aromatic carbocycles. The van der Waals surface area contributed by atoms with Crippen LogP contribution in [0.5, 0.6) is 5.88 Å². The molecule has 0 radical (unpaired) electrons. The van der Waals surface area contributed by atoms with Crippen LogP contribution in [0.1, 0.15) is 39.8 Å². The van der Waals surface area contributed by atoms with Gasteiger partial charge in [0, 0.05) is 42.5 Å². The number of halogens is 1. The number of piperidine rings is 1. The van der Waals surface area contributed by atoms with Crippen LogP contribution in [-0.4, -0.2) is 45.0 Å². The molecule has 0 saturated carbocycles. The Morgan fingerprint density at radius 3 is 2.81 bits per heavy atom. The lowest BCUT2D eigenvalue weighted by Crippen LogP contribution is -2.47. The Kier molecular flexibility index (Phi) is 5.15. The number of carbonyl (C=O) groups is 1. The molecule has 1 aliphatic rings. The molecule has 4 rings (SSSR count). The summed E-state index contributed by atoms with van der Waals surface area (Å²) in [4.78, 5) is 27.6. The summed E-state index contributed by atoms with van der Waals surface area (Å²) in [6.07, 6.45) is 2.45. The van der Waals surface area contributed by atoms with Crippen molar-refractivity contribution < 1.29 is 18.0 Å². The second kappa shape index (κ2) is 9.20. The van der Waals surface area contributed by atoms with E-state index in [-0.39, 0.29) is 53.2 Å². The summed E-state index contributed by atoms with van der Waals surface area (Å²) in [5.74, 6) is -0.275. The van der Waals surface area contributed by atoms with Gasteiger partial charge in [0.05, 0.1) is 22.5 Å². The maximum absolute atomic E-state index is 13.7. The molecular formula is C24H25FN4O2. The number of benzene rings is 1. The van der Waals surface area contributed by atoms with Gasteiger partial charge in [-0.25, -0.2) is 19.3 Å². The minimum atomic E-state index is -0.434. The molecule has 0 N–H and O–H groups in total. The number of amides is 1. The highest BCUT2D eigenvalue weighted by Crippen LogP contribution is 2.28. The Balaban J connectivity index is 1.60. The Bertz CT molecular complexity index is 1190. The number of likely N-dealkylation sites (tertiary alicyclic amines) is 1. The van der Waals surface area contributed by atoms with Gasteiger partial charge in [-0.15, -0.1) is 0 Å². The van der Waals surface area contributed by atoms with Crippen LogP contribution in [0.3, 0.4) is 0 Å². The van der Waals surface area contributed by atoms with Gasteiger partial charge < -0.3 is 9.64 Å². The van der Waals surface area contributed by atoms with Gasteiger partial charge in [0.2, 0.25) is 5.88 Å². The maximum Gasteiger partial charge on any atom is 0.254 e. The van der Waals surface area contributed by atoms with E-state index >= 15 is 0 Å². The lowest BCUT2D eigenvalue weighted by Gasteiger charge is -2.38. The van der Waals surface area contributed by atoms with Crippen molar-refractivity contribution in [1.29, 1.82) is 0 Å². The average molecular weight is 427 g/mol. The normalized spacial score (nSPS) is 20.0. The highest BCUT2D eigenvalue weighted by Gasteiger charge is 2.31. The summed E-state index contributed by atoms with van der Waals surface area (Å²) >= 11 is 0. The number of carbonyl (C=O) groups excluding carboxylic acids is 1. The van der Waals surface area contributed by atoms with Crippen LogP contribution in [0.15, 0.2) is 54.9 Å². The summed E-state index contributed by atoms with van der Waals surface area (Å²) < 4.78 is 42.9. The van der Waals surface area contributed by atoms with E-state index < -0.39 is 5.82 Å². The maximum atomic E-state index is 13.7. The van der Waals surface area contributed by atoms with Gasteiger partial charge >= 0.3 is 0 Å². The van der Waals surface area contributed by atoms with Gasteiger partial charge in [-0.05, 0) is 44.9 Å². The summed E-state index contributed by atoms with van der Waals surface area (Å²) in [6, 6.07) is 7.33. The number of ether oxygens (including phenoxy) is 1. The molecule has 7 heteroatoms. The fourth-order valence-corrected chi connectivity index (χ4v) is 3.72. The molecular weight excluding hydrogens is 395 g/mol. The Labute approximate surface area is 185 Å². The summed E-state index contributed by atoms with van der Waals surface area (Å²) in [7, 11) is 0. The van der Waals surface area contributed by atoms with Crippen LogP contribution in [-0.2, 0) is 0 Å². The molecule has 2 aromatic heterocycles. The van der Waals surface area contributed by atoms with Gasteiger partial charge in [0.1, 0.15) is 5.82 Å². The van der Waals surface area contributed by atoms with E-state index in [2.05, 4.69) is 15.0 Å². The van der Waals surface area contributed by atoms with E-state index in [0.717, 1.165) is 24.6 Å². The van der Waals surface area contributed by atoms with Crippen molar-refractivity contribution >= 4 is 5.91 Å². The van der Waals surface area contributed by atoms with E-state index in [0.29, 0.717) is 19.0 Å². The minimum absolute atomic E-state index is 0.0228. The fourth-order valence-electron chi connectivity index (χ4n) is 3.72. The Morgan fingerprint density at radius 1 is 1.26 bits per heavy atom. The van der Waals surface area contributed by atoms with Crippen LogP contribution < -0.4 is 4.74 Å². The second-order valence-electron chi connectivity index (χ2n) is 7.79. The zero-order valence-electron chi connectivity index (χ0n) is 20.4. The predicted molar refractivity (Wildman–Crippen MR) is 115 cm³/mol. The van der Waals surface area contributed by atoms with Gasteiger partial charge in [-0.3, -0.25) is 4.79 Å². The standard InChI is InChI=1S/C24H25FN4O2/c1-16-4-8-20(23-26-10-3-11-27-23)21(12-16)24(30)29-14-18(6-5-17(29)2)15-31-22-9-7-19(25)13-28-22/h3-4,7-13,17-18H,5-6,14-15H2,1-2H3/t17-,18-/m1/s1/i8T,10T,11T. The lowest BCUT2D eigenvalue weighted by atomic mass is 9.92. The van der Waals surface area contributed by atoms with Crippen LogP contribution in [0.4, 0.5) is 4.39 Å². The van der Waals surface area contributed by atoms with E-state index in [1.165, 1.54) is 18.2 Å². The Morgan fingerprint density at radius 2 is 2.06 bits per heavy atom. The quantitative estimate of drug-likeness (QED) is 0.608. The molecule has 1 fully saturated rings. The molecule has 160 valence electrons. The van der Waals surface area contributed by atoms with Crippen LogP contribution in [0, 0.1) is 18.7 Å². The summed E-state index contributed by atoms with van der Waals surface area (Å²) in [6.45, 7) is 4.58. The molecule has 31 heavy (non-hydrogen) atoms. The molecule has 6 nitrogen and oxygen atoms in total. The molecule has 0 spiro atoms. The molecule has 1 aliphatic heterocycles. The van der Waals surface area contributed by atoms with Crippen LogP contribution in [0.2, 0.25) is 0 Å². The largest absolute Gasteiger partial charge is 0.477 e. The van der Waals surface area contributed by atoms with Gasteiger partial charge in [0.15, 0.2) is 5.82 Å². The van der Waals surface area contributed by atoms with E-state index in [1.807, 2.05) is 13.8 Å². The van der Waals surface area contributed by atoms with E-state index in [1.54, 1.807) is 17.0 Å². The smallest absolute Gasteiger partial charge is 0.254 e. The number of aryl methyl sites for hydroxylation is 1. The Hall–Kier alpha value is -3.35. The predicted octanol–water partition coefficient (Wildman–Crippen LogP) is 4.31. The number of aromatic nitrogens is 3. The van der Waals surface area contributed by atoms with E-state index in [4.69, 9.17) is 8.85 Å². The average Bonchev–Trinajstić information content (AvgIpc) is 2.78. The van der Waals surface area contributed by atoms with E-state index in [9.17, 15) is 9.18 Å². The first-order valence-electron chi connectivity index (χ1n) is 11.7. The minimum Gasteiger partial charge on any atom is -0.477 e. The molecule has 3 aromatic rings. The molecule has 0 unspecified atom stereocenters. The SMILES string of the molecule is [3H]c1cc([3H])nc(-c2c([3H])cc(C)cc2C(=O)N2C[C@H](COc3ccc(F)cn3)CC[C@H]2C)n1. The highest BCUT2D eigenvalue weighted by atomic mass is 19.1. The van der Waals surface area contributed by atoms with Crippen molar-refractivity contribution in [3.63, 3.8) is 0 Å². The number of nitrogens with zero attached hydrogens (tertiary/aromatic N) is 4. The molecule has 2 atom stereocenters. The first kappa shape index (κ1) is 17.3. The summed E-state index contributed by atoms with van der Waals surface area (Å²) in [5.41, 5.74) is 1.25. The molecule has 0 bridgehead atoms. The molecule has 1 saturated heterocycles. The van der Waals surface area contributed by atoms with Crippen molar-refractivity contribution in [2.45, 2.75) is 32.7 Å². The van der Waals surface area contributed by atoms with Gasteiger partial charge in [-0.1, -0.05) is 17.7 Å². The topological polar surface area (TPSA) is 68.2 Å². The fraction of sp³-hybridized carbons (Fsp3) is 0.333. The van der Waals surface area contributed by atoms with Crippen molar-refractivity contribution in [2.75, 3.05) is 13.2 Å². The first-order valence-corrected chi connectivity index (χ1v) is 10.2. The molecule has 3 heterocycles. The van der Waals surface area contributed by atoms with Gasteiger partial charge in [-0.2, -0.15) is 0 Å². The zero-order valence-corrected chi connectivity index (χ0v) is 17.4. The number of hydrogen-bond acceptors (Lipinski definition) is 5. The van der Waals surface area contributed by atoms with Crippen molar-refractivity contribution in [2.24, 2.45) is 5.92 Å². The second-order valence-corrected chi connectivity index (χ2v) is 7.79. The van der Waals surface area contributed by atoms with Crippen molar-refractivity contribution in [1.82, 2.24) is 19.9 Å². The molecule has 1 amide bonds. The van der Waals surface area contributed by atoms with Crippen molar-refractivity contribution in [3.05, 3.63) is 71.9 Å². The lowest BCUT2D eigenvalue weighted by molar-refractivity contribution is 0.0503. The van der Waals surface area contributed by atoms with Gasteiger partial charge in [0.25, 0.3) is 5.91 Å². The van der Waals surface area contributed by atoms with Crippen LogP contribution in [0.25, 0.3) is 11.4 Å². The molecule has 0 aliphatic carbocycles. The number of rotatable bonds is 5. The zero-order chi connectivity index (χ0) is 24.4. The summed E-state index contributed by atoms with van der Waals surface area (Å²) in [5, 5.41) is 0. The number of hydrogen-bond donors (Lipinski definition) is 0.